The van der Waals surface area contributed by atoms with Crippen LogP contribution in [0.25, 0.3) is 0 Å². The maximum Gasteiger partial charge on any atom is 0.143 e. The van der Waals surface area contributed by atoms with Crippen LogP contribution >= 0.6 is 11.6 Å². The highest BCUT2D eigenvalue weighted by Gasteiger charge is 2.26. The van der Waals surface area contributed by atoms with Crippen molar-refractivity contribution < 1.29 is 9.13 Å². The molecule has 0 fully saturated rings. The number of hydrogen-bond acceptors (Lipinski definition) is 4. The Hall–Kier alpha value is -2.14. The minimum atomic E-state index is -0.436. The molecule has 1 unspecified atom stereocenters. The fraction of sp³-hybridized carbons (Fsp3) is 0.294. The molecule has 23 heavy (non-hydrogen) atoms. The van der Waals surface area contributed by atoms with E-state index in [0.717, 1.165) is 22.7 Å². The smallest absolute Gasteiger partial charge is 0.143 e. The van der Waals surface area contributed by atoms with Crippen LogP contribution in [0.4, 0.5) is 21.5 Å². The fourth-order valence-corrected chi connectivity index (χ4v) is 2.93. The van der Waals surface area contributed by atoms with E-state index in [9.17, 15) is 4.39 Å². The van der Waals surface area contributed by atoms with Crippen LogP contribution in [-0.2, 0) is 6.54 Å². The monoisotopic (exact) mass is 335 g/mol. The molecule has 2 aromatic rings. The molecule has 1 aliphatic heterocycles. The van der Waals surface area contributed by atoms with Crippen LogP contribution < -0.4 is 20.3 Å². The largest absolute Gasteiger partial charge is 0.496 e. The van der Waals surface area contributed by atoms with Crippen LogP contribution in [0.1, 0.15) is 12.5 Å². The summed E-state index contributed by atoms with van der Waals surface area (Å²) in [4.78, 5) is 2.16. The van der Waals surface area contributed by atoms with Gasteiger partial charge in [-0.2, -0.15) is 0 Å². The number of halogens is 2. The number of benzene rings is 2. The van der Waals surface area contributed by atoms with Gasteiger partial charge in [0.2, 0.25) is 0 Å². The third kappa shape index (κ3) is 2.88. The van der Waals surface area contributed by atoms with Crippen molar-refractivity contribution in [1.82, 2.24) is 0 Å². The summed E-state index contributed by atoms with van der Waals surface area (Å²) in [6.45, 7) is 2.62. The lowest BCUT2D eigenvalue weighted by molar-refractivity contribution is 0.410. The highest BCUT2D eigenvalue weighted by Crippen LogP contribution is 2.41. The summed E-state index contributed by atoms with van der Waals surface area (Å²) in [6, 6.07) is 8.65. The summed E-state index contributed by atoms with van der Waals surface area (Å²) in [6.07, 6.45) is 0.212. The van der Waals surface area contributed by atoms with Crippen LogP contribution in [0, 0.1) is 5.82 Å². The predicted molar refractivity (Wildman–Crippen MR) is 93.2 cm³/mol. The van der Waals surface area contributed by atoms with Crippen molar-refractivity contribution in [2.75, 3.05) is 29.7 Å². The lowest BCUT2D eigenvalue weighted by Crippen LogP contribution is -2.29. The molecule has 3 rings (SSSR count). The molecule has 2 N–H and O–H groups in total. The predicted octanol–water partition coefficient (Wildman–Crippen LogP) is 4.31. The van der Waals surface area contributed by atoms with E-state index in [1.54, 1.807) is 19.2 Å². The quantitative estimate of drug-likeness (QED) is 0.873. The maximum atomic E-state index is 13.6. The third-order valence-electron chi connectivity index (χ3n) is 4.15. The number of fused-ring (bicyclic) bond motifs is 1. The molecular formula is C17H19ClFN3O. The van der Waals surface area contributed by atoms with Crippen molar-refractivity contribution >= 4 is 28.7 Å². The molecule has 0 amide bonds. The lowest BCUT2D eigenvalue weighted by Gasteiger charge is -2.21. The van der Waals surface area contributed by atoms with E-state index in [4.69, 9.17) is 16.3 Å². The Morgan fingerprint density at radius 1 is 1.35 bits per heavy atom. The van der Waals surface area contributed by atoms with Crippen molar-refractivity contribution in [3.63, 3.8) is 0 Å². The van der Waals surface area contributed by atoms with Gasteiger partial charge in [-0.1, -0.05) is 11.6 Å². The fourth-order valence-electron chi connectivity index (χ4n) is 2.81. The minimum Gasteiger partial charge on any atom is -0.496 e. The van der Waals surface area contributed by atoms with Gasteiger partial charge in [-0.15, -0.1) is 0 Å². The summed E-state index contributed by atoms with van der Waals surface area (Å²) in [5, 5.41) is 6.77. The number of methoxy groups -OCH3 is 1. The summed E-state index contributed by atoms with van der Waals surface area (Å²) < 4.78 is 19.1. The number of hydrogen-bond donors (Lipinski definition) is 2. The van der Waals surface area contributed by atoms with Gasteiger partial charge in [-0.25, -0.2) is 4.39 Å². The van der Waals surface area contributed by atoms with Crippen molar-refractivity contribution in [3.05, 3.63) is 46.7 Å². The number of ether oxygens (including phenoxy) is 1. The van der Waals surface area contributed by atoms with Gasteiger partial charge in [-0.05, 0) is 37.3 Å². The van der Waals surface area contributed by atoms with Crippen molar-refractivity contribution in [2.45, 2.75) is 19.6 Å². The van der Waals surface area contributed by atoms with E-state index < -0.39 is 5.82 Å². The van der Waals surface area contributed by atoms with E-state index in [0.29, 0.717) is 12.2 Å². The van der Waals surface area contributed by atoms with E-state index >= 15 is 0 Å². The van der Waals surface area contributed by atoms with Gasteiger partial charge in [0, 0.05) is 24.8 Å². The Morgan fingerprint density at radius 2 is 2.13 bits per heavy atom. The molecule has 6 heteroatoms. The van der Waals surface area contributed by atoms with E-state index in [-0.39, 0.29) is 11.2 Å². The van der Waals surface area contributed by atoms with Gasteiger partial charge in [-0.3, -0.25) is 0 Å². The average Bonchev–Trinajstić information content (AvgIpc) is 2.83. The Kier molecular flexibility index (Phi) is 4.22. The van der Waals surface area contributed by atoms with Crippen LogP contribution in [0.5, 0.6) is 5.75 Å². The molecule has 0 aromatic heterocycles. The Balaban J connectivity index is 1.90. The van der Waals surface area contributed by atoms with Crippen LogP contribution in [-0.4, -0.2) is 20.3 Å². The molecule has 0 saturated heterocycles. The molecule has 1 heterocycles. The molecule has 0 spiro atoms. The molecule has 122 valence electrons. The highest BCUT2D eigenvalue weighted by atomic mass is 35.5. The van der Waals surface area contributed by atoms with E-state index in [1.807, 2.05) is 19.2 Å². The third-order valence-corrected chi connectivity index (χ3v) is 4.45. The zero-order chi connectivity index (χ0) is 16.6. The van der Waals surface area contributed by atoms with E-state index in [2.05, 4.69) is 22.5 Å². The van der Waals surface area contributed by atoms with Crippen LogP contribution in [0.3, 0.4) is 0 Å². The van der Waals surface area contributed by atoms with Crippen LogP contribution in [0.2, 0.25) is 5.02 Å². The highest BCUT2D eigenvalue weighted by molar-refractivity contribution is 6.30. The molecule has 0 bridgehead atoms. The molecule has 0 saturated carbocycles. The summed E-state index contributed by atoms with van der Waals surface area (Å²) in [7, 11) is 3.69. The average molecular weight is 336 g/mol. The normalized spacial score (nSPS) is 16.0. The van der Waals surface area contributed by atoms with Gasteiger partial charge >= 0.3 is 0 Å². The zero-order valence-corrected chi connectivity index (χ0v) is 14.0. The summed E-state index contributed by atoms with van der Waals surface area (Å²) >= 11 is 5.72. The molecular weight excluding hydrogens is 317 g/mol. The lowest BCUT2D eigenvalue weighted by atomic mass is 10.1. The standard InChI is InChI=1S/C17H19ClFN3O/c1-10-21-15-6-7-16(23-3)12(17(15)22(10)2)9-20-11-4-5-13(18)14(19)8-11/h4-8,10,20-21H,9H2,1-3H3. The Morgan fingerprint density at radius 3 is 2.83 bits per heavy atom. The molecule has 1 aliphatic rings. The summed E-state index contributed by atoms with van der Waals surface area (Å²) in [5.74, 6) is 0.364. The molecule has 0 radical (unpaired) electrons. The first-order valence-electron chi connectivity index (χ1n) is 7.39. The second-order valence-corrected chi connectivity index (χ2v) is 5.96. The van der Waals surface area contributed by atoms with Gasteiger partial charge in [0.25, 0.3) is 0 Å². The number of anilines is 3. The van der Waals surface area contributed by atoms with Gasteiger partial charge < -0.3 is 20.3 Å². The molecule has 1 atom stereocenters. The topological polar surface area (TPSA) is 36.5 Å². The summed E-state index contributed by atoms with van der Waals surface area (Å²) in [5.41, 5.74) is 3.87. The molecule has 0 aliphatic carbocycles. The van der Waals surface area contributed by atoms with Gasteiger partial charge in [0.1, 0.15) is 11.6 Å². The van der Waals surface area contributed by atoms with Crippen molar-refractivity contribution in [3.8, 4) is 5.75 Å². The maximum absolute atomic E-state index is 13.6. The second-order valence-electron chi connectivity index (χ2n) is 5.56. The van der Waals surface area contributed by atoms with Crippen LogP contribution in [0.15, 0.2) is 30.3 Å². The SMILES string of the molecule is COc1ccc2c(c1CNc1ccc(Cl)c(F)c1)N(C)C(C)N2. The van der Waals surface area contributed by atoms with Gasteiger partial charge in [0.15, 0.2) is 0 Å². The first kappa shape index (κ1) is 15.7. The molecule has 4 nitrogen and oxygen atoms in total. The first-order chi connectivity index (χ1) is 11.0. The minimum absolute atomic E-state index is 0.117. The Labute approximate surface area is 140 Å². The Bertz CT molecular complexity index is 738. The van der Waals surface area contributed by atoms with E-state index in [1.165, 1.54) is 6.07 Å². The molecule has 2 aromatic carbocycles. The zero-order valence-electron chi connectivity index (χ0n) is 13.3. The first-order valence-corrected chi connectivity index (χ1v) is 7.77. The van der Waals surface area contributed by atoms with Crippen molar-refractivity contribution in [1.29, 1.82) is 0 Å². The van der Waals surface area contributed by atoms with Crippen molar-refractivity contribution in [2.24, 2.45) is 0 Å². The number of nitrogens with one attached hydrogen (secondary N) is 2. The second kappa shape index (κ2) is 6.16. The number of rotatable bonds is 4. The number of nitrogens with zero attached hydrogens (tertiary/aromatic N) is 1. The van der Waals surface area contributed by atoms with Gasteiger partial charge in [0.05, 0.1) is 29.7 Å².